The number of amides is 2. The minimum Gasteiger partial charge on any atom is -0.333 e. The van der Waals surface area contributed by atoms with Gasteiger partial charge in [-0.1, -0.05) is 6.07 Å². The van der Waals surface area contributed by atoms with Crippen LogP contribution in [0.4, 0.5) is 5.69 Å². The number of rotatable bonds is 6. The first-order valence-electron chi connectivity index (χ1n) is 9.02. The number of nitrogens with zero attached hydrogens (tertiary/aromatic N) is 1. The number of carbonyl (C=O) groups excluding carboxylic acids is 2. The highest BCUT2D eigenvalue weighted by atomic mass is 32.2. The second-order valence-corrected chi connectivity index (χ2v) is 9.45. The highest BCUT2D eigenvalue weighted by Gasteiger charge is 2.34. The molecule has 0 bridgehead atoms. The zero-order valence-electron chi connectivity index (χ0n) is 15.7. The maximum absolute atomic E-state index is 12.9. The van der Waals surface area contributed by atoms with E-state index in [9.17, 15) is 18.0 Å². The molecule has 0 saturated carbocycles. The molecule has 1 aliphatic rings. The molecular formula is C19H23N3O4S2. The van der Waals surface area contributed by atoms with Crippen molar-refractivity contribution in [2.75, 3.05) is 11.9 Å². The lowest BCUT2D eigenvalue weighted by atomic mass is 10.1. The molecule has 1 aromatic heterocycles. The minimum atomic E-state index is -3.86. The maximum atomic E-state index is 12.9. The van der Waals surface area contributed by atoms with Crippen molar-refractivity contribution in [2.45, 2.75) is 43.7 Å². The Labute approximate surface area is 168 Å². The minimum absolute atomic E-state index is 0.0105. The number of likely N-dealkylation sites (tertiary alicyclic amines) is 1. The van der Waals surface area contributed by atoms with E-state index in [2.05, 4.69) is 10.0 Å². The van der Waals surface area contributed by atoms with E-state index in [-0.39, 0.29) is 22.8 Å². The monoisotopic (exact) mass is 421 g/mol. The highest BCUT2D eigenvalue weighted by Crippen LogP contribution is 2.34. The Morgan fingerprint density at radius 2 is 1.93 bits per heavy atom. The zero-order chi connectivity index (χ0) is 20.3. The third-order valence-corrected chi connectivity index (χ3v) is 7.12. The SMILES string of the molecule is CC(=O)Nc1ccc(S(=O)(=O)N[C@@H](C)C(=O)N2CCCC2c2cccs2)cc1. The van der Waals surface area contributed by atoms with Gasteiger partial charge >= 0.3 is 0 Å². The molecule has 0 spiro atoms. The van der Waals surface area contributed by atoms with Crippen LogP contribution in [0.2, 0.25) is 0 Å². The summed E-state index contributed by atoms with van der Waals surface area (Å²) >= 11 is 1.61. The van der Waals surface area contributed by atoms with Gasteiger partial charge in [0.25, 0.3) is 0 Å². The first-order chi connectivity index (χ1) is 13.3. The molecule has 1 unspecified atom stereocenters. The number of anilines is 1. The lowest BCUT2D eigenvalue weighted by Gasteiger charge is -2.27. The van der Waals surface area contributed by atoms with Crippen LogP contribution in [0, 0.1) is 0 Å². The van der Waals surface area contributed by atoms with E-state index < -0.39 is 16.1 Å². The molecule has 1 aromatic carbocycles. The van der Waals surface area contributed by atoms with Gasteiger partial charge in [-0.25, -0.2) is 8.42 Å². The lowest BCUT2D eigenvalue weighted by molar-refractivity contribution is -0.133. The molecule has 1 aliphatic heterocycles. The molecule has 3 rings (SSSR count). The Kier molecular flexibility index (Phi) is 6.17. The summed E-state index contributed by atoms with van der Waals surface area (Å²) in [6, 6.07) is 8.91. The van der Waals surface area contributed by atoms with E-state index in [1.165, 1.54) is 31.2 Å². The molecule has 0 radical (unpaired) electrons. The second kappa shape index (κ2) is 8.42. The fourth-order valence-electron chi connectivity index (χ4n) is 3.33. The van der Waals surface area contributed by atoms with E-state index in [4.69, 9.17) is 0 Å². The summed E-state index contributed by atoms with van der Waals surface area (Å²) < 4.78 is 27.7. The molecular weight excluding hydrogens is 398 g/mol. The van der Waals surface area contributed by atoms with Gasteiger partial charge in [-0.3, -0.25) is 9.59 Å². The lowest BCUT2D eigenvalue weighted by Crippen LogP contribution is -2.46. The Bertz CT molecular complexity index is 940. The Morgan fingerprint density at radius 1 is 1.21 bits per heavy atom. The molecule has 2 N–H and O–H groups in total. The van der Waals surface area contributed by atoms with Crippen LogP contribution in [0.15, 0.2) is 46.7 Å². The van der Waals surface area contributed by atoms with E-state index >= 15 is 0 Å². The van der Waals surface area contributed by atoms with Gasteiger partial charge in [0.2, 0.25) is 21.8 Å². The van der Waals surface area contributed by atoms with Gasteiger partial charge in [-0.2, -0.15) is 4.72 Å². The topological polar surface area (TPSA) is 95.6 Å². The third-order valence-electron chi connectivity index (χ3n) is 4.59. The average molecular weight is 422 g/mol. The molecule has 1 saturated heterocycles. The van der Waals surface area contributed by atoms with Crippen LogP contribution in [0.1, 0.15) is 37.6 Å². The van der Waals surface area contributed by atoms with Crippen molar-refractivity contribution in [3.05, 3.63) is 46.7 Å². The van der Waals surface area contributed by atoms with Gasteiger partial charge in [-0.05, 0) is 55.5 Å². The first-order valence-corrected chi connectivity index (χ1v) is 11.4. The van der Waals surface area contributed by atoms with Crippen molar-refractivity contribution in [2.24, 2.45) is 0 Å². The smallest absolute Gasteiger partial charge is 0.241 e. The third kappa shape index (κ3) is 4.60. The fraction of sp³-hybridized carbons (Fsp3) is 0.368. The quantitative estimate of drug-likeness (QED) is 0.750. The van der Waals surface area contributed by atoms with E-state index in [0.29, 0.717) is 12.2 Å². The number of nitrogens with one attached hydrogen (secondary N) is 2. The largest absolute Gasteiger partial charge is 0.333 e. The van der Waals surface area contributed by atoms with Crippen LogP contribution >= 0.6 is 11.3 Å². The number of benzene rings is 1. The summed E-state index contributed by atoms with van der Waals surface area (Å²) in [4.78, 5) is 26.9. The first kappa shape index (κ1) is 20.5. The normalized spacial score (nSPS) is 18.1. The van der Waals surface area contributed by atoms with Crippen molar-refractivity contribution >= 4 is 38.9 Å². The predicted octanol–water partition coefficient (Wildman–Crippen LogP) is 2.74. The Morgan fingerprint density at radius 3 is 2.54 bits per heavy atom. The van der Waals surface area contributed by atoms with Gasteiger partial charge in [0.05, 0.1) is 17.0 Å². The number of carbonyl (C=O) groups is 2. The summed E-state index contributed by atoms with van der Waals surface area (Å²) in [7, 11) is -3.86. The molecule has 2 aromatic rings. The fourth-order valence-corrected chi connectivity index (χ4v) is 5.40. The van der Waals surface area contributed by atoms with Crippen LogP contribution in [-0.4, -0.2) is 37.7 Å². The molecule has 2 atom stereocenters. The summed E-state index contributed by atoms with van der Waals surface area (Å²) in [5.41, 5.74) is 0.506. The van der Waals surface area contributed by atoms with Gasteiger partial charge in [0.1, 0.15) is 0 Å². The summed E-state index contributed by atoms with van der Waals surface area (Å²) in [5.74, 6) is -0.465. The average Bonchev–Trinajstić information content (AvgIpc) is 3.31. The van der Waals surface area contributed by atoms with E-state index in [0.717, 1.165) is 17.7 Å². The summed E-state index contributed by atoms with van der Waals surface area (Å²) in [6.45, 7) is 3.57. The highest BCUT2D eigenvalue weighted by molar-refractivity contribution is 7.89. The summed E-state index contributed by atoms with van der Waals surface area (Å²) in [6.07, 6.45) is 1.79. The molecule has 28 heavy (non-hydrogen) atoms. The van der Waals surface area contributed by atoms with Gasteiger partial charge in [0, 0.05) is 24.0 Å². The molecule has 1 fully saturated rings. The standard InChI is InChI=1S/C19H23N3O4S2/c1-13(19(24)22-11-3-5-17(22)18-6-4-12-27-18)21-28(25,26)16-9-7-15(8-10-16)20-14(2)23/h4,6-10,12-13,17,21H,3,5,11H2,1-2H3,(H,20,23)/t13-,17?/m0/s1. The molecule has 150 valence electrons. The molecule has 0 aliphatic carbocycles. The molecule has 9 heteroatoms. The van der Waals surface area contributed by atoms with E-state index in [1.807, 2.05) is 17.5 Å². The molecule has 2 amide bonds. The Hall–Kier alpha value is -2.23. The van der Waals surface area contributed by atoms with Crippen molar-refractivity contribution in [3.63, 3.8) is 0 Å². The van der Waals surface area contributed by atoms with Crippen molar-refractivity contribution in [3.8, 4) is 0 Å². The maximum Gasteiger partial charge on any atom is 0.241 e. The number of hydrogen-bond donors (Lipinski definition) is 2. The van der Waals surface area contributed by atoms with Gasteiger partial charge in [0.15, 0.2) is 0 Å². The van der Waals surface area contributed by atoms with Crippen molar-refractivity contribution in [1.82, 2.24) is 9.62 Å². The molecule has 7 nitrogen and oxygen atoms in total. The van der Waals surface area contributed by atoms with Crippen LogP contribution in [0.3, 0.4) is 0 Å². The van der Waals surface area contributed by atoms with Crippen LogP contribution in [0.25, 0.3) is 0 Å². The van der Waals surface area contributed by atoms with Crippen LogP contribution in [0.5, 0.6) is 0 Å². The Balaban J connectivity index is 1.69. The predicted molar refractivity (Wildman–Crippen MR) is 109 cm³/mol. The zero-order valence-corrected chi connectivity index (χ0v) is 17.3. The van der Waals surface area contributed by atoms with Gasteiger partial charge < -0.3 is 10.2 Å². The number of thiophene rings is 1. The summed E-state index contributed by atoms with van der Waals surface area (Å²) in [5, 5.41) is 4.56. The second-order valence-electron chi connectivity index (χ2n) is 6.75. The van der Waals surface area contributed by atoms with Crippen molar-refractivity contribution in [1.29, 1.82) is 0 Å². The van der Waals surface area contributed by atoms with Crippen LogP contribution in [-0.2, 0) is 19.6 Å². The van der Waals surface area contributed by atoms with Crippen molar-refractivity contribution < 1.29 is 18.0 Å². The number of hydrogen-bond acceptors (Lipinski definition) is 5. The van der Waals surface area contributed by atoms with Gasteiger partial charge in [-0.15, -0.1) is 11.3 Å². The molecule has 2 heterocycles. The number of sulfonamides is 1. The van der Waals surface area contributed by atoms with E-state index in [1.54, 1.807) is 23.2 Å². The van der Waals surface area contributed by atoms with Crippen LogP contribution < -0.4 is 10.0 Å².